The molecule has 1 saturated carbocycles. The molecule has 0 amide bonds. The fraction of sp³-hybridized carbons (Fsp3) is 0.727. The third kappa shape index (κ3) is 3.64. The van der Waals surface area contributed by atoms with Gasteiger partial charge in [-0.15, -0.1) is 11.3 Å². The minimum atomic E-state index is 0.778. The molecular weight excluding hydrogens is 238 g/mol. The third-order valence-electron chi connectivity index (χ3n) is 2.64. The van der Waals surface area contributed by atoms with Crippen molar-refractivity contribution in [2.75, 3.05) is 30.5 Å². The first-order valence-corrected chi connectivity index (χ1v) is 7.89. The molecule has 0 atom stereocenters. The zero-order valence-electron chi connectivity index (χ0n) is 9.90. The Bertz CT molecular complexity index is 323. The normalized spacial score (nSPS) is 15.4. The van der Waals surface area contributed by atoms with Crippen LogP contribution < -0.4 is 10.2 Å². The molecule has 0 unspecified atom stereocenters. The van der Waals surface area contributed by atoms with Crippen LogP contribution in [-0.4, -0.2) is 36.6 Å². The third-order valence-corrected chi connectivity index (χ3v) is 4.34. The second-order valence-electron chi connectivity index (χ2n) is 4.18. The van der Waals surface area contributed by atoms with Crippen molar-refractivity contribution < 1.29 is 0 Å². The maximum atomic E-state index is 4.46. The number of thioether (sulfide) groups is 1. The van der Waals surface area contributed by atoms with E-state index in [1.54, 1.807) is 11.3 Å². The smallest absolute Gasteiger partial charge is 0.185 e. The van der Waals surface area contributed by atoms with Crippen LogP contribution in [0.5, 0.6) is 0 Å². The van der Waals surface area contributed by atoms with Gasteiger partial charge in [-0.3, -0.25) is 0 Å². The van der Waals surface area contributed by atoms with Gasteiger partial charge in [-0.05, 0) is 19.1 Å². The highest BCUT2D eigenvalue weighted by Gasteiger charge is 2.20. The number of thiazole rings is 1. The average Bonchev–Trinajstić information content (AvgIpc) is 3.00. The van der Waals surface area contributed by atoms with Gasteiger partial charge in [0.25, 0.3) is 0 Å². The molecule has 1 heterocycles. The number of rotatable bonds is 7. The fourth-order valence-electron chi connectivity index (χ4n) is 1.41. The molecule has 1 N–H and O–H groups in total. The summed E-state index contributed by atoms with van der Waals surface area (Å²) in [5.41, 5.74) is 0. The first-order chi connectivity index (χ1) is 7.79. The van der Waals surface area contributed by atoms with E-state index in [4.69, 9.17) is 0 Å². The first kappa shape index (κ1) is 12.2. The molecule has 0 saturated heterocycles. The molecule has 90 valence electrons. The quantitative estimate of drug-likeness (QED) is 0.810. The van der Waals surface area contributed by atoms with Crippen molar-refractivity contribution in [3.05, 3.63) is 11.1 Å². The largest absolute Gasteiger partial charge is 0.350 e. The molecule has 1 aliphatic rings. The molecule has 5 heteroatoms. The second kappa shape index (κ2) is 5.89. The molecule has 0 bridgehead atoms. The number of hydrogen-bond donors (Lipinski definition) is 1. The van der Waals surface area contributed by atoms with E-state index in [1.165, 1.54) is 17.7 Å². The molecule has 2 rings (SSSR count). The first-order valence-electron chi connectivity index (χ1n) is 5.67. The topological polar surface area (TPSA) is 28.2 Å². The number of nitrogens with zero attached hydrogens (tertiary/aromatic N) is 2. The van der Waals surface area contributed by atoms with Gasteiger partial charge in [-0.1, -0.05) is 0 Å². The Morgan fingerprint density at radius 3 is 3.12 bits per heavy atom. The van der Waals surface area contributed by atoms with Crippen molar-refractivity contribution in [2.45, 2.75) is 25.4 Å². The Kier molecular flexibility index (Phi) is 4.49. The Labute approximate surface area is 106 Å². The SMILES string of the molecule is CSCCN(C)c1ncc(CNC2CC2)s1. The molecule has 0 aliphatic heterocycles. The summed E-state index contributed by atoms with van der Waals surface area (Å²) in [6.07, 6.45) is 6.84. The van der Waals surface area contributed by atoms with Crippen molar-refractivity contribution >= 4 is 28.2 Å². The lowest BCUT2D eigenvalue weighted by Crippen LogP contribution is -2.19. The summed E-state index contributed by atoms with van der Waals surface area (Å²) < 4.78 is 0. The summed E-state index contributed by atoms with van der Waals surface area (Å²) >= 11 is 3.68. The van der Waals surface area contributed by atoms with Crippen molar-refractivity contribution in [3.8, 4) is 0 Å². The van der Waals surface area contributed by atoms with Crippen molar-refractivity contribution in [1.82, 2.24) is 10.3 Å². The van der Waals surface area contributed by atoms with Gasteiger partial charge in [0.15, 0.2) is 5.13 Å². The molecule has 16 heavy (non-hydrogen) atoms. The van der Waals surface area contributed by atoms with E-state index in [0.29, 0.717) is 0 Å². The number of aromatic nitrogens is 1. The number of nitrogens with one attached hydrogen (secondary N) is 1. The van der Waals surface area contributed by atoms with Gasteiger partial charge in [0.05, 0.1) is 0 Å². The minimum absolute atomic E-state index is 0.778. The van der Waals surface area contributed by atoms with E-state index in [-0.39, 0.29) is 0 Å². The van der Waals surface area contributed by atoms with E-state index in [9.17, 15) is 0 Å². The van der Waals surface area contributed by atoms with Crippen LogP contribution in [0.15, 0.2) is 6.20 Å². The Morgan fingerprint density at radius 2 is 2.44 bits per heavy atom. The lowest BCUT2D eigenvalue weighted by atomic mass is 10.5. The number of hydrogen-bond acceptors (Lipinski definition) is 5. The zero-order chi connectivity index (χ0) is 11.4. The standard InChI is InChI=1S/C11H19N3S2/c1-14(5-6-15-2)11-13-8-10(16-11)7-12-9-3-4-9/h8-9,12H,3-7H2,1-2H3. The van der Waals surface area contributed by atoms with Gasteiger partial charge in [-0.25, -0.2) is 4.98 Å². The molecule has 1 aromatic heterocycles. The van der Waals surface area contributed by atoms with Crippen LogP contribution in [0.4, 0.5) is 5.13 Å². The lowest BCUT2D eigenvalue weighted by molar-refractivity contribution is 0.694. The van der Waals surface area contributed by atoms with Crippen molar-refractivity contribution in [3.63, 3.8) is 0 Å². The van der Waals surface area contributed by atoms with Gasteiger partial charge in [0, 0.05) is 43.0 Å². The Morgan fingerprint density at radius 1 is 1.62 bits per heavy atom. The van der Waals surface area contributed by atoms with Crippen LogP contribution in [0.1, 0.15) is 17.7 Å². The summed E-state index contributed by atoms with van der Waals surface area (Å²) in [5, 5.41) is 4.66. The lowest BCUT2D eigenvalue weighted by Gasteiger charge is -2.14. The molecule has 0 spiro atoms. The van der Waals surface area contributed by atoms with Gasteiger partial charge in [0.1, 0.15) is 0 Å². The van der Waals surface area contributed by atoms with Gasteiger partial charge in [0.2, 0.25) is 0 Å². The average molecular weight is 257 g/mol. The van der Waals surface area contributed by atoms with E-state index in [2.05, 4.69) is 28.5 Å². The highest BCUT2D eigenvalue weighted by Crippen LogP contribution is 2.24. The summed E-state index contributed by atoms with van der Waals surface area (Å²) in [6, 6.07) is 0.778. The van der Waals surface area contributed by atoms with Crippen LogP contribution in [0, 0.1) is 0 Å². The van der Waals surface area contributed by atoms with Crippen molar-refractivity contribution in [2.24, 2.45) is 0 Å². The zero-order valence-corrected chi connectivity index (χ0v) is 11.5. The molecule has 3 nitrogen and oxygen atoms in total. The van der Waals surface area contributed by atoms with Gasteiger partial charge >= 0.3 is 0 Å². The summed E-state index contributed by atoms with van der Waals surface area (Å²) in [6.45, 7) is 2.06. The van der Waals surface area contributed by atoms with Crippen LogP contribution in [0.3, 0.4) is 0 Å². The fourth-order valence-corrected chi connectivity index (χ4v) is 2.72. The molecule has 1 aromatic rings. The number of anilines is 1. The van der Waals surface area contributed by atoms with Gasteiger partial charge < -0.3 is 10.2 Å². The molecule has 1 aliphatic carbocycles. The second-order valence-corrected chi connectivity index (χ2v) is 6.26. The predicted molar refractivity (Wildman–Crippen MR) is 73.6 cm³/mol. The van der Waals surface area contributed by atoms with E-state index >= 15 is 0 Å². The van der Waals surface area contributed by atoms with Crippen LogP contribution in [-0.2, 0) is 6.54 Å². The van der Waals surface area contributed by atoms with E-state index in [0.717, 1.165) is 30.0 Å². The van der Waals surface area contributed by atoms with Crippen LogP contribution in [0.2, 0.25) is 0 Å². The Balaban J connectivity index is 1.80. The minimum Gasteiger partial charge on any atom is -0.350 e. The van der Waals surface area contributed by atoms with Gasteiger partial charge in [-0.2, -0.15) is 11.8 Å². The van der Waals surface area contributed by atoms with E-state index < -0.39 is 0 Å². The van der Waals surface area contributed by atoms with Crippen LogP contribution >= 0.6 is 23.1 Å². The predicted octanol–water partition coefficient (Wildman–Crippen LogP) is 2.19. The molecule has 1 fully saturated rings. The summed E-state index contributed by atoms with van der Waals surface area (Å²) in [5.74, 6) is 1.16. The van der Waals surface area contributed by atoms with E-state index in [1.807, 2.05) is 18.0 Å². The summed E-state index contributed by atoms with van der Waals surface area (Å²) in [4.78, 5) is 8.05. The highest BCUT2D eigenvalue weighted by atomic mass is 32.2. The van der Waals surface area contributed by atoms with Crippen molar-refractivity contribution in [1.29, 1.82) is 0 Å². The highest BCUT2D eigenvalue weighted by molar-refractivity contribution is 7.98. The molecule has 0 aromatic carbocycles. The maximum Gasteiger partial charge on any atom is 0.185 e. The maximum absolute atomic E-state index is 4.46. The van der Waals surface area contributed by atoms with Crippen LogP contribution in [0.25, 0.3) is 0 Å². The summed E-state index contributed by atoms with van der Waals surface area (Å²) in [7, 11) is 2.12. The molecular formula is C11H19N3S2. The Hall–Kier alpha value is -0.260. The molecule has 0 radical (unpaired) electrons. The monoisotopic (exact) mass is 257 g/mol.